The average Bonchev–Trinajstić information content (AvgIpc) is 3.07. The van der Waals surface area contributed by atoms with Crippen molar-refractivity contribution in [2.24, 2.45) is 4.99 Å². The molecular weight excluding hydrogens is 362 g/mol. The fourth-order valence-corrected chi connectivity index (χ4v) is 3.69. The summed E-state index contributed by atoms with van der Waals surface area (Å²) < 4.78 is 3.10. The topological polar surface area (TPSA) is 46.4 Å². The van der Waals surface area contributed by atoms with E-state index in [0.29, 0.717) is 5.56 Å². The van der Waals surface area contributed by atoms with Gasteiger partial charge < -0.3 is 9.88 Å². The number of nitrogens with one attached hydrogen (secondary N) is 1. The van der Waals surface area contributed by atoms with E-state index in [2.05, 4.69) is 30.8 Å². The monoisotopic (exact) mass is 377 g/mol. The smallest absolute Gasteiger partial charge is 0.259 e. The molecule has 0 saturated carbocycles. The second-order valence-electron chi connectivity index (χ2n) is 5.09. The van der Waals surface area contributed by atoms with Crippen LogP contribution in [-0.4, -0.2) is 27.9 Å². The van der Waals surface area contributed by atoms with Gasteiger partial charge in [-0.05, 0) is 38.1 Å². The lowest BCUT2D eigenvalue weighted by Gasteiger charge is -2.10. The predicted molar refractivity (Wildman–Crippen MR) is 95.2 cm³/mol. The number of aliphatic imine (C=N–C) groups is 1. The molecule has 114 valence electrons. The molecule has 0 bridgehead atoms. The van der Waals surface area contributed by atoms with Crippen molar-refractivity contribution >= 4 is 38.8 Å². The summed E-state index contributed by atoms with van der Waals surface area (Å²) in [6, 6.07) is 9.97. The number of hydrogen-bond donors (Lipinski definition) is 1. The summed E-state index contributed by atoms with van der Waals surface area (Å²) in [5, 5.41) is 3.61. The number of aryl methyl sites for hydroxylation is 1. The van der Waals surface area contributed by atoms with Gasteiger partial charge in [0.2, 0.25) is 0 Å². The van der Waals surface area contributed by atoms with Crippen LogP contribution in [0.4, 0.5) is 0 Å². The lowest BCUT2D eigenvalue weighted by molar-refractivity contribution is 0.0977. The Kier molecular flexibility index (Phi) is 4.40. The molecule has 22 heavy (non-hydrogen) atoms. The number of carbonyl (C=O) groups is 1. The van der Waals surface area contributed by atoms with Gasteiger partial charge in [-0.3, -0.25) is 9.79 Å². The molecule has 1 amide bonds. The van der Waals surface area contributed by atoms with Gasteiger partial charge in [0.15, 0.2) is 5.17 Å². The van der Waals surface area contributed by atoms with Crippen molar-refractivity contribution in [3.05, 3.63) is 51.8 Å². The third-order valence-electron chi connectivity index (χ3n) is 3.55. The Hall–Kier alpha value is -1.53. The molecule has 0 unspecified atom stereocenters. The minimum atomic E-state index is -0.0949. The van der Waals surface area contributed by atoms with Crippen molar-refractivity contribution in [3.8, 4) is 5.69 Å². The van der Waals surface area contributed by atoms with Gasteiger partial charge in [0, 0.05) is 27.3 Å². The zero-order valence-electron chi connectivity index (χ0n) is 12.4. The maximum Gasteiger partial charge on any atom is 0.259 e. The third kappa shape index (κ3) is 2.98. The van der Waals surface area contributed by atoms with Gasteiger partial charge >= 0.3 is 0 Å². The second kappa shape index (κ2) is 6.30. The van der Waals surface area contributed by atoms with Gasteiger partial charge in [0.1, 0.15) is 0 Å². The van der Waals surface area contributed by atoms with Crippen LogP contribution in [0, 0.1) is 13.8 Å². The van der Waals surface area contributed by atoms with Crippen LogP contribution in [-0.2, 0) is 0 Å². The van der Waals surface area contributed by atoms with E-state index < -0.39 is 0 Å². The first kappa shape index (κ1) is 15.4. The summed E-state index contributed by atoms with van der Waals surface area (Å²) in [5.74, 6) is 0.842. The highest BCUT2D eigenvalue weighted by Crippen LogP contribution is 2.23. The molecule has 4 nitrogen and oxygen atoms in total. The summed E-state index contributed by atoms with van der Waals surface area (Å²) in [7, 11) is 0. The van der Waals surface area contributed by atoms with Crippen LogP contribution in [0.5, 0.6) is 0 Å². The second-order valence-corrected chi connectivity index (χ2v) is 7.09. The van der Waals surface area contributed by atoms with E-state index in [4.69, 9.17) is 0 Å². The molecule has 2 heterocycles. The Balaban J connectivity index is 1.94. The standard InChI is InChI=1S/C16H16BrN3OS/c1-10-8-14(15(21)19-16-18-6-7-22-16)11(2)20(10)13-5-3-4-12(17)9-13/h3-5,8-9H,6-7H2,1-2H3,(H,18,19,21). The lowest BCUT2D eigenvalue weighted by atomic mass is 10.2. The van der Waals surface area contributed by atoms with E-state index in [-0.39, 0.29) is 5.91 Å². The molecule has 2 aromatic rings. The number of rotatable bonds is 2. The van der Waals surface area contributed by atoms with E-state index in [0.717, 1.165) is 39.0 Å². The van der Waals surface area contributed by atoms with E-state index >= 15 is 0 Å². The maximum atomic E-state index is 12.5. The van der Waals surface area contributed by atoms with E-state index in [1.54, 1.807) is 11.8 Å². The molecule has 0 saturated heterocycles. The normalized spacial score (nSPS) is 14.0. The number of carbonyl (C=O) groups excluding carboxylic acids is 1. The van der Waals surface area contributed by atoms with Crippen molar-refractivity contribution < 1.29 is 4.79 Å². The van der Waals surface area contributed by atoms with Crippen molar-refractivity contribution in [1.29, 1.82) is 0 Å². The molecule has 1 aliphatic rings. The first-order valence-electron chi connectivity index (χ1n) is 7.00. The summed E-state index contributed by atoms with van der Waals surface area (Å²) in [4.78, 5) is 16.7. The molecule has 0 atom stereocenters. The molecular formula is C16H16BrN3OS. The highest BCUT2D eigenvalue weighted by Gasteiger charge is 2.19. The van der Waals surface area contributed by atoms with Crippen molar-refractivity contribution in [1.82, 2.24) is 9.88 Å². The highest BCUT2D eigenvalue weighted by molar-refractivity contribution is 9.10. The lowest BCUT2D eigenvalue weighted by Crippen LogP contribution is -2.27. The minimum absolute atomic E-state index is 0.0949. The van der Waals surface area contributed by atoms with Gasteiger partial charge in [-0.25, -0.2) is 0 Å². The molecule has 1 aromatic carbocycles. The number of thioether (sulfide) groups is 1. The number of hydrogen-bond acceptors (Lipinski definition) is 3. The zero-order valence-corrected chi connectivity index (χ0v) is 14.8. The summed E-state index contributed by atoms with van der Waals surface area (Å²) in [6.45, 7) is 4.75. The van der Waals surface area contributed by atoms with Crippen LogP contribution in [0.3, 0.4) is 0 Å². The third-order valence-corrected chi connectivity index (χ3v) is 4.93. The Morgan fingerprint density at radius 3 is 2.86 bits per heavy atom. The largest absolute Gasteiger partial charge is 0.318 e. The predicted octanol–water partition coefficient (Wildman–Crippen LogP) is 3.69. The van der Waals surface area contributed by atoms with Crippen LogP contribution in [0.15, 0.2) is 39.8 Å². The molecule has 1 N–H and O–H groups in total. The molecule has 0 spiro atoms. The van der Waals surface area contributed by atoms with Crippen LogP contribution >= 0.6 is 27.7 Å². The van der Waals surface area contributed by atoms with Crippen LogP contribution in [0.2, 0.25) is 0 Å². The Labute approximate surface area is 142 Å². The summed E-state index contributed by atoms with van der Waals surface area (Å²) in [6.07, 6.45) is 0. The summed E-state index contributed by atoms with van der Waals surface area (Å²) in [5.41, 5.74) is 3.68. The fourth-order valence-electron chi connectivity index (χ4n) is 2.58. The Bertz CT molecular complexity index is 767. The Morgan fingerprint density at radius 1 is 1.36 bits per heavy atom. The van der Waals surface area contributed by atoms with Crippen molar-refractivity contribution in [2.45, 2.75) is 13.8 Å². The molecule has 0 aliphatic carbocycles. The zero-order chi connectivity index (χ0) is 15.7. The number of nitrogens with zero attached hydrogens (tertiary/aromatic N) is 2. The molecule has 1 aliphatic heterocycles. The van der Waals surface area contributed by atoms with Crippen LogP contribution < -0.4 is 5.32 Å². The van der Waals surface area contributed by atoms with Gasteiger partial charge in [0.05, 0.1) is 12.1 Å². The molecule has 6 heteroatoms. The highest BCUT2D eigenvalue weighted by atomic mass is 79.9. The molecule has 1 aromatic heterocycles. The van der Waals surface area contributed by atoms with Crippen molar-refractivity contribution in [2.75, 3.05) is 12.3 Å². The molecule has 0 radical (unpaired) electrons. The number of benzene rings is 1. The van der Waals surface area contributed by atoms with Gasteiger partial charge in [-0.1, -0.05) is 33.8 Å². The van der Waals surface area contributed by atoms with Crippen molar-refractivity contribution in [3.63, 3.8) is 0 Å². The molecule has 3 rings (SSSR count). The van der Waals surface area contributed by atoms with Gasteiger partial charge in [-0.15, -0.1) is 0 Å². The van der Waals surface area contributed by atoms with Crippen LogP contribution in [0.1, 0.15) is 21.7 Å². The SMILES string of the molecule is Cc1cc(C(=O)NC2=NCCS2)c(C)n1-c1cccc(Br)c1. The quantitative estimate of drug-likeness (QED) is 0.867. The number of halogens is 1. The summed E-state index contributed by atoms with van der Waals surface area (Å²) >= 11 is 5.08. The van der Waals surface area contributed by atoms with Gasteiger partial charge in [0.25, 0.3) is 5.91 Å². The number of amides is 1. The van der Waals surface area contributed by atoms with E-state index in [9.17, 15) is 4.79 Å². The van der Waals surface area contributed by atoms with Gasteiger partial charge in [-0.2, -0.15) is 0 Å². The van der Waals surface area contributed by atoms with Crippen LogP contribution in [0.25, 0.3) is 5.69 Å². The first-order chi connectivity index (χ1) is 10.6. The minimum Gasteiger partial charge on any atom is -0.318 e. The maximum absolute atomic E-state index is 12.5. The van der Waals surface area contributed by atoms with E-state index in [1.807, 2.05) is 44.2 Å². The average molecular weight is 378 g/mol. The first-order valence-corrected chi connectivity index (χ1v) is 8.77. The molecule has 0 fully saturated rings. The van der Waals surface area contributed by atoms with E-state index in [1.165, 1.54) is 0 Å². The number of amidine groups is 1. The number of aromatic nitrogens is 1. The fraction of sp³-hybridized carbons (Fsp3) is 0.250. The Morgan fingerprint density at radius 2 is 2.18 bits per heavy atom.